The number of halogens is 3. The number of alkyl halides is 3. The second-order valence-electron chi connectivity index (χ2n) is 4.67. The Morgan fingerprint density at radius 2 is 1.84 bits per heavy atom. The number of hydrogen-bond donors (Lipinski definition) is 0. The van der Waals surface area contributed by atoms with Gasteiger partial charge in [-0.2, -0.15) is 13.2 Å². The molecule has 0 saturated heterocycles. The molecular weight excluding hydrogens is 251 g/mol. The Hall–Kier alpha value is -1.29. The zero-order chi connectivity index (χ0) is 14.5. The topological polar surface area (TPSA) is 3.24 Å². The van der Waals surface area contributed by atoms with Crippen molar-refractivity contribution in [3.63, 3.8) is 0 Å². The number of rotatable bonds is 6. The summed E-state index contributed by atoms with van der Waals surface area (Å²) in [5.41, 5.74) is 0.283. The third kappa shape index (κ3) is 4.71. The summed E-state index contributed by atoms with van der Waals surface area (Å²) in [5, 5.41) is 0. The Morgan fingerprint density at radius 1 is 1.26 bits per heavy atom. The Morgan fingerprint density at radius 3 is 2.26 bits per heavy atom. The van der Waals surface area contributed by atoms with Crippen LogP contribution in [0.5, 0.6) is 0 Å². The maximum Gasteiger partial charge on any atom is 0.416 e. The molecule has 0 aliphatic carbocycles. The van der Waals surface area contributed by atoms with E-state index in [1.807, 2.05) is 6.08 Å². The van der Waals surface area contributed by atoms with Crippen molar-refractivity contribution in [1.82, 2.24) is 4.90 Å². The average molecular weight is 271 g/mol. The Kier molecular flexibility index (Phi) is 5.60. The maximum absolute atomic E-state index is 12.5. The molecule has 0 heterocycles. The van der Waals surface area contributed by atoms with Gasteiger partial charge in [0.15, 0.2) is 0 Å². The van der Waals surface area contributed by atoms with Crippen LogP contribution in [0.3, 0.4) is 0 Å². The van der Waals surface area contributed by atoms with Gasteiger partial charge in [0.05, 0.1) is 5.56 Å². The molecule has 19 heavy (non-hydrogen) atoms. The summed E-state index contributed by atoms with van der Waals surface area (Å²) < 4.78 is 37.4. The van der Waals surface area contributed by atoms with Gasteiger partial charge < -0.3 is 0 Å². The number of hydrogen-bond acceptors (Lipinski definition) is 1. The van der Waals surface area contributed by atoms with Crippen molar-refractivity contribution in [2.45, 2.75) is 39.0 Å². The lowest BCUT2D eigenvalue weighted by molar-refractivity contribution is -0.137. The Labute approximate surface area is 112 Å². The quantitative estimate of drug-likeness (QED) is 0.689. The van der Waals surface area contributed by atoms with Crippen molar-refractivity contribution in [3.05, 3.63) is 48.0 Å². The zero-order valence-electron chi connectivity index (χ0n) is 11.4. The van der Waals surface area contributed by atoms with Crippen LogP contribution in [0.15, 0.2) is 36.9 Å². The molecule has 0 bridgehead atoms. The molecule has 1 aromatic rings. The van der Waals surface area contributed by atoms with Crippen molar-refractivity contribution < 1.29 is 13.2 Å². The third-order valence-corrected chi connectivity index (χ3v) is 3.24. The minimum atomic E-state index is -4.27. The molecule has 0 N–H and O–H groups in total. The first-order chi connectivity index (χ1) is 8.88. The Bertz CT molecular complexity index is 395. The molecule has 4 heteroatoms. The monoisotopic (exact) mass is 271 g/mol. The molecule has 1 rings (SSSR count). The summed E-state index contributed by atoms with van der Waals surface area (Å²) in [4.78, 5) is 2.19. The van der Waals surface area contributed by atoms with Gasteiger partial charge in [-0.05, 0) is 31.0 Å². The van der Waals surface area contributed by atoms with Crippen LogP contribution in [0.25, 0.3) is 0 Å². The molecule has 1 aromatic carbocycles. The van der Waals surface area contributed by atoms with Crippen LogP contribution in [-0.4, -0.2) is 17.5 Å². The fourth-order valence-corrected chi connectivity index (χ4v) is 1.86. The van der Waals surface area contributed by atoms with Gasteiger partial charge in [0.1, 0.15) is 0 Å². The summed E-state index contributed by atoms with van der Waals surface area (Å²) in [6.45, 7) is 9.28. The molecule has 106 valence electrons. The van der Waals surface area contributed by atoms with Crippen LogP contribution in [0.2, 0.25) is 0 Å². The van der Waals surface area contributed by atoms with Gasteiger partial charge in [-0.3, -0.25) is 4.90 Å². The molecule has 1 atom stereocenters. The average Bonchev–Trinajstić information content (AvgIpc) is 2.37. The van der Waals surface area contributed by atoms with Crippen molar-refractivity contribution in [2.24, 2.45) is 0 Å². The standard InChI is InChI=1S/C15H20F3N/c1-4-10-19(12(3)5-2)11-13-6-8-14(9-7-13)15(16,17)18/h4,6-9,12H,1,5,10-11H2,2-3H3. The van der Waals surface area contributed by atoms with Crippen molar-refractivity contribution in [2.75, 3.05) is 6.54 Å². The lowest BCUT2D eigenvalue weighted by Gasteiger charge is -2.27. The summed E-state index contributed by atoms with van der Waals surface area (Å²) in [5.74, 6) is 0. The molecular formula is C15H20F3N. The summed E-state index contributed by atoms with van der Waals surface area (Å²) >= 11 is 0. The van der Waals surface area contributed by atoms with E-state index in [-0.39, 0.29) is 0 Å². The van der Waals surface area contributed by atoms with Crippen LogP contribution >= 0.6 is 0 Å². The van der Waals surface area contributed by atoms with Gasteiger partial charge in [0, 0.05) is 19.1 Å². The minimum Gasteiger partial charge on any atom is -0.293 e. The highest BCUT2D eigenvalue weighted by atomic mass is 19.4. The second-order valence-corrected chi connectivity index (χ2v) is 4.67. The first-order valence-electron chi connectivity index (χ1n) is 6.39. The fourth-order valence-electron chi connectivity index (χ4n) is 1.86. The van der Waals surface area contributed by atoms with Crippen LogP contribution in [-0.2, 0) is 12.7 Å². The molecule has 0 fully saturated rings. The van der Waals surface area contributed by atoms with E-state index >= 15 is 0 Å². The maximum atomic E-state index is 12.5. The summed E-state index contributed by atoms with van der Waals surface area (Å²) in [7, 11) is 0. The molecule has 0 aliphatic rings. The molecule has 0 spiro atoms. The second kappa shape index (κ2) is 6.75. The van der Waals surface area contributed by atoms with Gasteiger partial charge in [-0.1, -0.05) is 25.1 Å². The fraction of sp³-hybridized carbons (Fsp3) is 0.467. The van der Waals surface area contributed by atoms with Gasteiger partial charge in [-0.15, -0.1) is 6.58 Å². The first kappa shape index (κ1) is 15.8. The van der Waals surface area contributed by atoms with Crippen molar-refractivity contribution >= 4 is 0 Å². The number of nitrogens with zero attached hydrogens (tertiary/aromatic N) is 1. The van der Waals surface area contributed by atoms with E-state index < -0.39 is 11.7 Å². The summed E-state index contributed by atoms with van der Waals surface area (Å²) in [6, 6.07) is 5.74. The lowest BCUT2D eigenvalue weighted by atomic mass is 10.1. The van der Waals surface area contributed by atoms with Crippen molar-refractivity contribution in [3.8, 4) is 0 Å². The van der Waals surface area contributed by atoms with Crippen LogP contribution in [0.4, 0.5) is 13.2 Å². The molecule has 0 amide bonds. The molecule has 0 aliphatic heterocycles. The van der Waals surface area contributed by atoms with E-state index in [0.29, 0.717) is 12.6 Å². The van der Waals surface area contributed by atoms with E-state index in [4.69, 9.17) is 0 Å². The molecule has 1 unspecified atom stereocenters. The lowest BCUT2D eigenvalue weighted by Crippen LogP contribution is -2.32. The highest BCUT2D eigenvalue weighted by Crippen LogP contribution is 2.29. The highest BCUT2D eigenvalue weighted by molar-refractivity contribution is 5.24. The largest absolute Gasteiger partial charge is 0.416 e. The number of benzene rings is 1. The third-order valence-electron chi connectivity index (χ3n) is 3.24. The highest BCUT2D eigenvalue weighted by Gasteiger charge is 2.29. The minimum absolute atomic E-state index is 0.375. The van der Waals surface area contributed by atoms with Crippen LogP contribution in [0.1, 0.15) is 31.4 Å². The van der Waals surface area contributed by atoms with E-state index in [0.717, 1.165) is 30.7 Å². The first-order valence-corrected chi connectivity index (χ1v) is 6.39. The van der Waals surface area contributed by atoms with Gasteiger partial charge in [-0.25, -0.2) is 0 Å². The van der Waals surface area contributed by atoms with Crippen LogP contribution in [0, 0.1) is 0 Å². The van der Waals surface area contributed by atoms with Gasteiger partial charge >= 0.3 is 6.18 Å². The normalized spacial score (nSPS) is 13.6. The zero-order valence-corrected chi connectivity index (χ0v) is 11.4. The molecule has 1 nitrogen and oxygen atoms in total. The molecule has 0 radical (unpaired) electrons. The van der Waals surface area contributed by atoms with Crippen LogP contribution < -0.4 is 0 Å². The van der Waals surface area contributed by atoms with E-state index in [2.05, 4.69) is 25.3 Å². The van der Waals surface area contributed by atoms with E-state index in [9.17, 15) is 13.2 Å². The van der Waals surface area contributed by atoms with Gasteiger partial charge in [0.25, 0.3) is 0 Å². The van der Waals surface area contributed by atoms with E-state index in [1.165, 1.54) is 0 Å². The SMILES string of the molecule is C=CCN(Cc1ccc(C(F)(F)F)cc1)C(C)CC. The molecule has 0 aromatic heterocycles. The van der Waals surface area contributed by atoms with Gasteiger partial charge in [0.2, 0.25) is 0 Å². The smallest absolute Gasteiger partial charge is 0.293 e. The molecule has 0 saturated carbocycles. The van der Waals surface area contributed by atoms with Crippen molar-refractivity contribution in [1.29, 1.82) is 0 Å². The summed E-state index contributed by atoms with van der Waals surface area (Å²) in [6.07, 6.45) is -1.46. The predicted octanol–water partition coefficient (Wildman–Crippen LogP) is 4.49. The Balaban J connectivity index is 2.77. The van der Waals surface area contributed by atoms with E-state index in [1.54, 1.807) is 12.1 Å². The predicted molar refractivity (Wildman–Crippen MR) is 71.8 cm³/mol.